The highest BCUT2D eigenvalue weighted by Gasteiger charge is 2.28. The SMILES string of the molecule is CCN(C(=O)Cc1ccc(S(C)(=O)=O)cc1)C1CCN(CCC(NC(=O)CC(C)(C)C)c2cccc(F)c2)CC1. The van der Waals surface area contributed by atoms with Gasteiger partial charge in [0, 0.05) is 44.9 Å². The molecule has 40 heavy (non-hydrogen) atoms. The van der Waals surface area contributed by atoms with Gasteiger partial charge in [-0.2, -0.15) is 0 Å². The topological polar surface area (TPSA) is 86.8 Å². The molecule has 1 N–H and O–H groups in total. The van der Waals surface area contributed by atoms with Gasteiger partial charge in [-0.15, -0.1) is 0 Å². The Hall–Kier alpha value is -2.78. The molecule has 1 aliphatic heterocycles. The van der Waals surface area contributed by atoms with Crippen LogP contribution in [0.5, 0.6) is 0 Å². The standard InChI is InChI=1S/C31H44FN3O4S/c1-6-35(30(37)20-23-10-12-27(13-11-23)40(5,38)39)26-14-17-34(18-15-26)19-16-28(24-8-7-9-25(32)21-24)33-29(36)22-31(2,3)4/h7-13,21,26,28H,6,14-20,22H2,1-5H3,(H,33,36). The van der Waals surface area contributed by atoms with E-state index >= 15 is 0 Å². The van der Waals surface area contributed by atoms with Gasteiger partial charge in [-0.05, 0) is 67.0 Å². The number of nitrogens with zero attached hydrogens (tertiary/aromatic N) is 2. The van der Waals surface area contributed by atoms with Gasteiger partial charge >= 0.3 is 0 Å². The monoisotopic (exact) mass is 573 g/mol. The van der Waals surface area contributed by atoms with Crippen molar-refractivity contribution in [1.29, 1.82) is 0 Å². The van der Waals surface area contributed by atoms with Crippen molar-refractivity contribution >= 4 is 21.7 Å². The van der Waals surface area contributed by atoms with Gasteiger partial charge in [0.15, 0.2) is 9.84 Å². The number of likely N-dealkylation sites (tertiary alicyclic amines) is 1. The molecule has 0 aromatic heterocycles. The summed E-state index contributed by atoms with van der Waals surface area (Å²) >= 11 is 0. The molecule has 0 spiro atoms. The zero-order chi connectivity index (χ0) is 29.5. The molecule has 0 aliphatic carbocycles. The van der Waals surface area contributed by atoms with Crippen LogP contribution >= 0.6 is 0 Å². The van der Waals surface area contributed by atoms with Gasteiger partial charge < -0.3 is 15.1 Å². The van der Waals surface area contributed by atoms with Gasteiger partial charge in [-0.1, -0.05) is 45.0 Å². The number of carbonyl (C=O) groups excluding carboxylic acids is 2. The Morgan fingerprint density at radius 3 is 2.30 bits per heavy atom. The number of piperidine rings is 1. The average molecular weight is 574 g/mol. The molecule has 7 nitrogen and oxygen atoms in total. The molecular formula is C31H44FN3O4S. The summed E-state index contributed by atoms with van der Waals surface area (Å²) in [6, 6.07) is 12.8. The number of nitrogens with one attached hydrogen (secondary N) is 1. The molecule has 1 aliphatic rings. The Balaban J connectivity index is 1.55. The number of likely N-dealkylation sites (N-methyl/N-ethyl adjacent to an activating group) is 1. The molecule has 1 fully saturated rings. The van der Waals surface area contributed by atoms with E-state index in [0.29, 0.717) is 19.4 Å². The molecule has 0 radical (unpaired) electrons. The summed E-state index contributed by atoms with van der Waals surface area (Å²) in [5.41, 5.74) is 1.43. The first-order valence-corrected chi connectivity index (χ1v) is 16.0. The van der Waals surface area contributed by atoms with Gasteiger partial charge in [0.05, 0.1) is 17.4 Å². The molecule has 0 bridgehead atoms. The largest absolute Gasteiger partial charge is 0.349 e. The molecule has 1 atom stereocenters. The van der Waals surface area contributed by atoms with Crippen LogP contribution in [0, 0.1) is 11.2 Å². The maximum absolute atomic E-state index is 14.0. The summed E-state index contributed by atoms with van der Waals surface area (Å²) in [7, 11) is -3.27. The first kappa shape index (κ1) is 31.7. The number of hydrogen-bond acceptors (Lipinski definition) is 5. The van der Waals surface area contributed by atoms with Crippen molar-refractivity contribution in [3.05, 3.63) is 65.5 Å². The first-order valence-electron chi connectivity index (χ1n) is 14.1. The lowest BCUT2D eigenvalue weighted by molar-refractivity contribution is -0.133. The van der Waals surface area contributed by atoms with Crippen LogP contribution in [-0.2, 0) is 25.8 Å². The Labute approximate surface area is 239 Å². The van der Waals surface area contributed by atoms with E-state index in [1.807, 2.05) is 38.7 Å². The summed E-state index contributed by atoms with van der Waals surface area (Å²) < 4.78 is 37.4. The van der Waals surface area contributed by atoms with Crippen molar-refractivity contribution in [2.75, 3.05) is 32.4 Å². The van der Waals surface area contributed by atoms with E-state index < -0.39 is 9.84 Å². The van der Waals surface area contributed by atoms with E-state index in [2.05, 4.69) is 10.2 Å². The van der Waals surface area contributed by atoms with Crippen LogP contribution in [0.25, 0.3) is 0 Å². The fraction of sp³-hybridized carbons (Fsp3) is 0.548. The third kappa shape index (κ3) is 9.70. The summed E-state index contributed by atoms with van der Waals surface area (Å²) in [5.74, 6) is -0.312. The second kappa shape index (κ2) is 13.7. The number of benzene rings is 2. The van der Waals surface area contributed by atoms with Crippen LogP contribution < -0.4 is 5.32 Å². The molecule has 1 saturated heterocycles. The number of carbonyl (C=O) groups is 2. The van der Waals surface area contributed by atoms with Crippen LogP contribution in [0.4, 0.5) is 4.39 Å². The van der Waals surface area contributed by atoms with E-state index in [1.54, 1.807) is 30.3 Å². The minimum atomic E-state index is -3.27. The van der Waals surface area contributed by atoms with Gasteiger partial charge in [0.2, 0.25) is 11.8 Å². The number of hydrogen-bond donors (Lipinski definition) is 1. The maximum Gasteiger partial charge on any atom is 0.227 e. The van der Waals surface area contributed by atoms with Gasteiger partial charge in [0.25, 0.3) is 0 Å². The van der Waals surface area contributed by atoms with Crippen LogP contribution in [0.1, 0.15) is 70.5 Å². The number of rotatable bonds is 11. The Morgan fingerprint density at radius 2 is 1.75 bits per heavy atom. The molecule has 220 valence electrons. The summed E-state index contributed by atoms with van der Waals surface area (Å²) in [4.78, 5) is 30.4. The third-order valence-electron chi connectivity index (χ3n) is 7.38. The molecule has 0 saturated carbocycles. The van der Waals surface area contributed by atoms with Crippen LogP contribution in [0.2, 0.25) is 0 Å². The van der Waals surface area contributed by atoms with Crippen molar-refractivity contribution in [2.45, 2.75) is 76.8 Å². The van der Waals surface area contributed by atoms with E-state index in [9.17, 15) is 22.4 Å². The van der Waals surface area contributed by atoms with Gasteiger partial charge in [0.1, 0.15) is 5.82 Å². The van der Waals surface area contributed by atoms with Crippen molar-refractivity contribution < 1.29 is 22.4 Å². The molecule has 2 amide bonds. The molecule has 3 rings (SSSR count). The smallest absolute Gasteiger partial charge is 0.227 e. The highest BCUT2D eigenvalue weighted by Crippen LogP contribution is 2.24. The molecule has 2 aromatic rings. The molecule has 2 aromatic carbocycles. The predicted molar refractivity (Wildman–Crippen MR) is 156 cm³/mol. The molecular weight excluding hydrogens is 529 g/mol. The third-order valence-corrected chi connectivity index (χ3v) is 8.51. The first-order chi connectivity index (χ1) is 18.7. The Kier molecular flexibility index (Phi) is 10.9. The fourth-order valence-corrected chi connectivity index (χ4v) is 5.94. The molecule has 1 unspecified atom stereocenters. The minimum Gasteiger partial charge on any atom is -0.349 e. The Bertz CT molecular complexity index is 1250. The number of sulfone groups is 1. The predicted octanol–water partition coefficient (Wildman–Crippen LogP) is 4.77. The van der Waals surface area contributed by atoms with Gasteiger partial charge in [-0.3, -0.25) is 9.59 Å². The zero-order valence-electron chi connectivity index (χ0n) is 24.5. The van der Waals surface area contributed by atoms with E-state index in [4.69, 9.17) is 0 Å². The van der Waals surface area contributed by atoms with Crippen molar-refractivity contribution in [3.63, 3.8) is 0 Å². The fourth-order valence-electron chi connectivity index (χ4n) is 5.31. The Morgan fingerprint density at radius 1 is 1.10 bits per heavy atom. The lowest BCUT2D eigenvalue weighted by Crippen LogP contribution is -2.48. The van der Waals surface area contributed by atoms with Crippen molar-refractivity contribution in [1.82, 2.24) is 15.1 Å². The summed E-state index contributed by atoms with van der Waals surface area (Å²) in [6.07, 6.45) is 4.18. The second-order valence-corrected chi connectivity index (χ2v) is 14.1. The van der Waals surface area contributed by atoms with E-state index in [0.717, 1.165) is 43.6 Å². The molecule has 1 heterocycles. The van der Waals surface area contributed by atoms with Crippen LogP contribution in [0.15, 0.2) is 53.4 Å². The molecule has 9 heteroatoms. The van der Waals surface area contributed by atoms with E-state index in [1.165, 1.54) is 18.4 Å². The van der Waals surface area contributed by atoms with Gasteiger partial charge in [-0.25, -0.2) is 12.8 Å². The minimum absolute atomic E-state index is 0.0384. The number of halogens is 1. The highest BCUT2D eigenvalue weighted by atomic mass is 32.2. The second-order valence-electron chi connectivity index (χ2n) is 12.0. The normalized spacial score (nSPS) is 15.9. The average Bonchev–Trinajstić information content (AvgIpc) is 2.86. The summed E-state index contributed by atoms with van der Waals surface area (Å²) in [6.45, 7) is 11.1. The van der Waals surface area contributed by atoms with Crippen molar-refractivity contribution in [3.8, 4) is 0 Å². The van der Waals surface area contributed by atoms with Crippen LogP contribution in [0.3, 0.4) is 0 Å². The van der Waals surface area contributed by atoms with Crippen LogP contribution in [-0.4, -0.2) is 68.5 Å². The summed E-state index contributed by atoms with van der Waals surface area (Å²) in [5, 5.41) is 3.12. The quantitative estimate of drug-likeness (QED) is 0.419. The highest BCUT2D eigenvalue weighted by molar-refractivity contribution is 7.90. The lowest BCUT2D eigenvalue weighted by atomic mass is 9.91. The maximum atomic E-state index is 14.0. The lowest BCUT2D eigenvalue weighted by Gasteiger charge is -2.38. The van der Waals surface area contributed by atoms with E-state index in [-0.39, 0.29) is 46.4 Å². The number of amides is 2. The van der Waals surface area contributed by atoms with Crippen molar-refractivity contribution in [2.24, 2.45) is 5.41 Å². The zero-order valence-corrected chi connectivity index (χ0v) is 25.3.